The lowest BCUT2D eigenvalue weighted by Gasteiger charge is -2.35. The average Bonchev–Trinajstić information content (AvgIpc) is 3.09. The van der Waals surface area contributed by atoms with Gasteiger partial charge < -0.3 is 9.80 Å². The number of likely N-dealkylation sites (tertiary alicyclic amines) is 2. The highest BCUT2D eigenvalue weighted by molar-refractivity contribution is 7.14. The van der Waals surface area contributed by atoms with Gasteiger partial charge in [0.05, 0.1) is 4.88 Å². The summed E-state index contributed by atoms with van der Waals surface area (Å²) in [5.41, 5.74) is 1.42. The summed E-state index contributed by atoms with van der Waals surface area (Å²) >= 11 is 1.72. The summed E-state index contributed by atoms with van der Waals surface area (Å²) in [4.78, 5) is 32.1. The Morgan fingerprint density at radius 3 is 2.22 bits per heavy atom. The molecule has 5 heteroatoms. The van der Waals surface area contributed by atoms with Gasteiger partial charge in [-0.3, -0.25) is 9.59 Å². The predicted molar refractivity (Wildman–Crippen MR) is 109 cm³/mol. The molecule has 1 aromatic rings. The molecule has 3 aliphatic rings. The molecule has 0 atom stereocenters. The maximum Gasteiger partial charge on any atom is 0.263 e. The van der Waals surface area contributed by atoms with Gasteiger partial charge in [-0.15, -0.1) is 11.3 Å². The third-order valence-electron chi connectivity index (χ3n) is 6.51. The van der Waals surface area contributed by atoms with E-state index in [0.717, 1.165) is 69.6 Å². The SMILES string of the molecule is O=C(c1cc2c(s1)CCCCCC2)N1CCC(C(=O)N2CCCCC2)CC1. The van der Waals surface area contributed by atoms with Gasteiger partial charge in [0, 0.05) is 37.0 Å². The summed E-state index contributed by atoms with van der Waals surface area (Å²) in [5, 5.41) is 0. The summed E-state index contributed by atoms with van der Waals surface area (Å²) in [5.74, 6) is 0.646. The van der Waals surface area contributed by atoms with Gasteiger partial charge in [0.15, 0.2) is 0 Å². The molecule has 0 aromatic carbocycles. The van der Waals surface area contributed by atoms with E-state index in [-0.39, 0.29) is 11.8 Å². The molecule has 2 amide bonds. The molecule has 2 saturated heterocycles. The van der Waals surface area contributed by atoms with Crippen molar-refractivity contribution in [1.82, 2.24) is 9.80 Å². The smallest absolute Gasteiger partial charge is 0.263 e. The van der Waals surface area contributed by atoms with E-state index in [1.807, 2.05) is 4.90 Å². The first-order valence-corrected chi connectivity index (χ1v) is 11.7. The van der Waals surface area contributed by atoms with Gasteiger partial charge in [0.1, 0.15) is 0 Å². The Kier molecular flexibility index (Phi) is 6.16. The normalized spacial score (nSPS) is 22.1. The van der Waals surface area contributed by atoms with Gasteiger partial charge in [-0.05, 0) is 69.4 Å². The largest absolute Gasteiger partial charge is 0.342 e. The minimum absolute atomic E-state index is 0.121. The molecule has 0 radical (unpaired) electrons. The number of carbonyl (C=O) groups excluding carboxylic acids is 2. The van der Waals surface area contributed by atoms with Crippen LogP contribution in [0.25, 0.3) is 0 Å². The summed E-state index contributed by atoms with van der Waals surface area (Å²) in [6, 6.07) is 2.17. The first-order chi connectivity index (χ1) is 13.2. The van der Waals surface area contributed by atoms with E-state index in [2.05, 4.69) is 11.0 Å². The molecule has 1 aromatic heterocycles. The molecule has 0 N–H and O–H groups in total. The van der Waals surface area contributed by atoms with E-state index in [4.69, 9.17) is 0 Å². The van der Waals surface area contributed by atoms with Gasteiger partial charge in [-0.2, -0.15) is 0 Å². The van der Waals surface area contributed by atoms with E-state index in [1.54, 1.807) is 11.3 Å². The molecule has 1 aliphatic carbocycles. The number of piperidine rings is 2. The second kappa shape index (κ2) is 8.76. The molecule has 2 fully saturated rings. The van der Waals surface area contributed by atoms with Crippen molar-refractivity contribution in [2.45, 2.75) is 70.6 Å². The van der Waals surface area contributed by atoms with Crippen molar-refractivity contribution in [2.75, 3.05) is 26.2 Å². The number of nitrogens with zero attached hydrogens (tertiary/aromatic N) is 2. The van der Waals surface area contributed by atoms with Gasteiger partial charge >= 0.3 is 0 Å². The van der Waals surface area contributed by atoms with E-state index >= 15 is 0 Å². The van der Waals surface area contributed by atoms with Crippen molar-refractivity contribution in [3.05, 3.63) is 21.4 Å². The lowest BCUT2D eigenvalue weighted by atomic mass is 9.94. The van der Waals surface area contributed by atoms with Crippen LogP contribution in [-0.4, -0.2) is 47.8 Å². The number of hydrogen-bond acceptors (Lipinski definition) is 3. The Balaban J connectivity index is 1.34. The van der Waals surface area contributed by atoms with Crippen molar-refractivity contribution in [3.63, 3.8) is 0 Å². The Hall–Kier alpha value is -1.36. The van der Waals surface area contributed by atoms with Gasteiger partial charge in [-0.25, -0.2) is 0 Å². The Labute approximate surface area is 166 Å². The van der Waals surface area contributed by atoms with E-state index in [9.17, 15) is 9.59 Å². The maximum atomic E-state index is 13.0. The van der Waals surface area contributed by atoms with Crippen LogP contribution in [0.2, 0.25) is 0 Å². The van der Waals surface area contributed by atoms with Crippen LogP contribution in [0.3, 0.4) is 0 Å². The standard InChI is InChI=1S/C22H32N2O2S/c25-21(23-12-6-3-7-13-23)17-10-14-24(15-11-17)22(26)20-16-18-8-4-1-2-5-9-19(18)27-20/h16-17H,1-15H2. The summed E-state index contributed by atoms with van der Waals surface area (Å²) in [6.45, 7) is 3.31. The Morgan fingerprint density at radius 2 is 1.48 bits per heavy atom. The van der Waals surface area contributed by atoms with Crippen LogP contribution in [0.15, 0.2) is 6.07 Å². The van der Waals surface area contributed by atoms with Gasteiger partial charge in [0.2, 0.25) is 5.91 Å². The quantitative estimate of drug-likeness (QED) is 0.759. The fraction of sp³-hybridized carbons (Fsp3) is 0.727. The monoisotopic (exact) mass is 388 g/mol. The predicted octanol–water partition coefficient (Wildman–Crippen LogP) is 4.27. The zero-order chi connectivity index (χ0) is 18.6. The van der Waals surface area contributed by atoms with Gasteiger partial charge in [0.25, 0.3) is 5.91 Å². The van der Waals surface area contributed by atoms with Gasteiger partial charge in [-0.1, -0.05) is 12.8 Å². The maximum absolute atomic E-state index is 13.0. The first-order valence-electron chi connectivity index (χ1n) is 10.9. The van der Waals surface area contributed by atoms with Crippen molar-refractivity contribution >= 4 is 23.2 Å². The molecular formula is C22H32N2O2S. The second-order valence-corrected chi connectivity index (χ2v) is 9.56. The molecule has 0 spiro atoms. The minimum atomic E-state index is 0.121. The minimum Gasteiger partial charge on any atom is -0.342 e. The molecule has 0 saturated carbocycles. The molecule has 4 nitrogen and oxygen atoms in total. The van der Waals surface area contributed by atoms with Crippen molar-refractivity contribution < 1.29 is 9.59 Å². The number of amides is 2. The summed E-state index contributed by atoms with van der Waals surface area (Å²) < 4.78 is 0. The van der Waals surface area contributed by atoms with Crippen LogP contribution in [0, 0.1) is 5.92 Å². The number of carbonyl (C=O) groups is 2. The number of aryl methyl sites for hydroxylation is 2. The third kappa shape index (κ3) is 4.39. The lowest BCUT2D eigenvalue weighted by Crippen LogP contribution is -2.45. The highest BCUT2D eigenvalue weighted by Crippen LogP contribution is 2.30. The van der Waals surface area contributed by atoms with E-state index < -0.39 is 0 Å². The highest BCUT2D eigenvalue weighted by atomic mass is 32.1. The van der Waals surface area contributed by atoms with E-state index in [0.29, 0.717) is 5.91 Å². The molecule has 0 unspecified atom stereocenters. The fourth-order valence-electron chi connectivity index (χ4n) is 4.81. The topological polar surface area (TPSA) is 40.6 Å². The molecule has 4 rings (SSSR count). The Bertz CT molecular complexity index is 644. The number of hydrogen-bond donors (Lipinski definition) is 0. The van der Waals surface area contributed by atoms with Crippen LogP contribution in [-0.2, 0) is 17.6 Å². The molecule has 3 heterocycles. The molecule has 2 aliphatic heterocycles. The molecule has 27 heavy (non-hydrogen) atoms. The number of fused-ring (bicyclic) bond motifs is 1. The number of rotatable bonds is 2. The molecule has 148 valence electrons. The van der Waals surface area contributed by atoms with Crippen molar-refractivity contribution in [1.29, 1.82) is 0 Å². The molecule has 0 bridgehead atoms. The first kappa shape index (κ1) is 19.0. The van der Waals surface area contributed by atoms with Crippen LogP contribution >= 0.6 is 11.3 Å². The zero-order valence-corrected chi connectivity index (χ0v) is 17.2. The highest BCUT2D eigenvalue weighted by Gasteiger charge is 2.31. The second-order valence-electron chi connectivity index (χ2n) is 8.43. The fourth-order valence-corrected chi connectivity index (χ4v) is 6.03. The van der Waals surface area contributed by atoms with Crippen molar-refractivity contribution in [3.8, 4) is 0 Å². The number of thiophene rings is 1. The third-order valence-corrected chi connectivity index (χ3v) is 7.73. The zero-order valence-electron chi connectivity index (χ0n) is 16.4. The molecular weight excluding hydrogens is 356 g/mol. The van der Waals surface area contributed by atoms with Crippen LogP contribution in [0.4, 0.5) is 0 Å². The van der Waals surface area contributed by atoms with Crippen molar-refractivity contribution in [2.24, 2.45) is 5.92 Å². The average molecular weight is 389 g/mol. The van der Waals surface area contributed by atoms with Crippen LogP contribution < -0.4 is 0 Å². The summed E-state index contributed by atoms with van der Waals surface area (Å²) in [6.07, 6.45) is 12.6. The lowest BCUT2D eigenvalue weighted by molar-refractivity contribution is -0.137. The van der Waals surface area contributed by atoms with E-state index in [1.165, 1.54) is 42.5 Å². The van der Waals surface area contributed by atoms with Crippen LogP contribution in [0.1, 0.15) is 77.9 Å². The van der Waals surface area contributed by atoms with Crippen LogP contribution in [0.5, 0.6) is 0 Å². The Morgan fingerprint density at radius 1 is 0.815 bits per heavy atom. The summed E-state index contributed by atoms with van der Waals surface area (Å²) in [7, 11) is 0.